The van der Waals surface area contributed by atoms with Crippen LogP contribution >= 0.6 is 0 Å². The van der Waals surface area contributed by atoms with Crippen molar-refractivity contribution >= 4 is 11.8 Å². The van der Waals surface area contributed by atoms with E-state index in [2.05, 4.69) is 106 Å². The minimum Gasteiger partial charge on any atom is -0.507 e. The molecule has 0 heterocycles. The maximum absolute atomic E-state index is 12.6. The van der Waals surface area contributed by atoms with Gasteiger partial charge in [-0.3, -0.25) is 9.59 Å². The van der Waals surface area contributed by atoms with E-state index in [-0.39, 0.29) is 40.1 Å². The van der Waals surface area contributed by atoms with Crippen LogP contribution in [-0.2, 0) is 26.8 Å². The normalized spacial score (nSPS) is 13.5. The van der Waals surface area contributed by atoms with Crippen LogP contribution in [0.1, 0.15) is 145 Å². The number of aryl methyl sites for hydroxylation is 1. The summed E-state index contributed by atoms with van der Waals surface area (Å²) in [6, 6.07) is 4.10. The second-order valence-electron chi connectivity index (χ2n) is 17.2. The van der Waals surface area contributed by atoms with Gasteiger partial charge in [0.1, 0.15) is 5.75 Å². The lowest BCUT2D eigenvalue weighted by atomic mass is 9.78. The molecule has 0 saturated heterocycles. The Kier molecular flexibility index (Phi) is 16.2. The van der Waals surface area contributed by atoms with E-state index in [1.165, 1.54) is 0 Å². The Morgan fingerprint density at radius 1 is 0.702 bits per heavy atom. The van der Waals surface area contributed by atoms with E-state index in [1.54, 1.807) is 0 Å². The van der Waals surface area contributed by atoms with Crippen LogP contribution in [0.25, 0.3) is 0 Å². The van der Waals surface area contributed by atoms with E-state index < -0.39 is 0 Å². The van der Waals surface area contributed by atoms with Crippen molar-refractivity contribution in [3.8, 4) is 5.75 Å². The maximum atomic E-state index is 12.6. The average molecular weight is 653 g/mol. The molecule has 47 heavy (non-hydrogen) atoms. The van der Waals surface area contributed by atoms with Gasteiger partial charge in [-0.2, -0.15) is 0 Å². The molecule has 4 N–H and O–H groups in total. The molecule has 0 aromatic heterocycles. The highest BCUT2D eigenvalue weighted by molar-refractivity contribution is 5.76. The Morgan fingerprint density at radius 2 is 1.17 bits per heavy atom. The summed E-state index contributed by atoms with van der Waals surface area (Å²) in [5, 5.41) is 27.0. The number of amides is 2. The molecule has 6 nitrogen and oxygen atoms in total. The van der Waals surface area contributed by atoms with Gasteiger partial charge < -0.3 is 20.8 Å². The number of aliphatic hydroxyl groups is 1. The summed E-state index contributed by atoms with van der Waals surface area (Å²) in [5.41, 5.74) is 5.23. The molecule has 0 bridgehead atoms. The smallest absolute Gasteiger partial charge is 0.220 e. The highest BCUT2D eigenvalue weighted by Gasteiger charge is 2.26. The second kappa shape index (κ2) is 18.1. The number of phenols is 1. The van der Waals surface area contributed by atoms with Crippen molar-refractivity contribution in [2.24, 2.45) is 10.8 Å². The summed E-state index contributed by atoms with van der Waals surface area (Å²) < 4.78 is 0. The molecule has 0 spiro atoms. The van der Waals surface area contributed by atoms with Gasteiger partial charge in [0.05, 0.1) is 6.61 Å². The third-order valence-electron chi connectivity index (χ3n) is 8.63. The zero-order chi connectivity index (χ0) is 36.2. The number of unbranched alkanes of at least 4 members (excludes halogenated alkanes) is 3. The predicted molar refractivity (Wildman–Crippen MR) is 199 cm³/mol. The Hall–Kier alpha value is -2.86. The number of carbonyl (C=O) groups is 2. The first-order valence-electron chi connectivity index (χ1n) is 17.6. The molecule has 1 aromatic rings. The van der Waals surface area contributed by atoms with Gasteiger partial charge in [-0.25, -0.2) is 0 Å². The molecule has 266 valence electrons. The monoisotopic (exact) mass is 653 g/mol. The Labute approximate surface area is 287 Å². The third-order valence-corrected chi connectivity index (χ3v) is 8.63. The molecular weight excluding hydrogens is 584 g/mol. The van der Waals surface area contributed by atoms with Crippen LogP contribution in [0.4, 0.5) is 0 Å². The first-order chi connectivity index (χ1) is 21.5. The van der Waals surface area contributed by atoms with Crippen molar-refractivity contribution in [1.29, 1.82) is 0 Å². The summed E-state index contributed by atoms with van der Waals surface area (Å²) in [6.45, 7) is 30.7. The number of rotatable bonds is 16. The van der Waals surface area contributed by atoms with E-state index in [0.29, 0.717) is 44.5 Å². The molecule has 1 rings (SSSR count). The second-order valence-corrected chi connectivity index (χ2v) is 17.2. The molecule has 0 atom stereocenters. The van der Waals surface area contributed by atoms with Crippen molar-refractivity contribution in [3.63, 3.8) is 0 Å². The number of aromatic hydroxyl groups is 1. The Bertz CT molecular complexity index is 1220. The van der Waals surface area contributed by atoms with Gasteiger partial charge in [0, 0.05) is 25.9 Å². The number of benzene rings is 1. The van der Waals surface area contributed by atoms with E-state index in [4.69, 9.17) is 0 Å². The van der Waals surface area contributed by atoms with Gasteiger partial charge in [-0.15, -0.1) is 0 Å². The van der Waals surface area contributed by atoms with Crippen molar-refractivity contribution in [1.82, 2.24) is 10.6 Å². The lowest BCUT2D eigenvalue weighted by Gasteiger charge is -2.28. The fourth-order valence-corrected chi connectivity index (χ4v) is 5.08. The van der Waals surface area contributed by atoms with E-state index in [0.717, 1.165) is 59.1 Å². The molecule has 0 aliphatic heterocycles. The number of carbonyl (C=O) groups excluding carboxylic acids is 2. The number of aliphatic hydroxyl groups excluding tert-OH is 1. The molecule has 2 amide bonds. The van der Waals surface area contributed by atoms with Crippen LogP contribution < -0.4 is 10.6 Å². The number of nitrogens with one attached hydrogen (secondary N) is 2. The molecule has 0 unspecified atom stereocenters. The topological polar surface area (TPSA) is 98.7 Å². The zero-order valence-electron chi connectivity index (χ0n) is 32.0. The summed E-state index contributed by atoms with van der Waals surface area (Å²) in [6.07, 6.45) is 9.88. The van der Waals surface area contributed by atoms with E-state index >= 15 is 0 Å². The van der Waals surface area contributed by atoms with Gasteiger partial charge in [-0.1, -0.05) is 127 Å². The lowest BCUT2D eigenvalue weighted by molar-refractivity contribution is -0.121. The maximum Gasteiger partial charge on any atom is 0.220 e. The van der Waals surface area contributed by atoms with Gasteiger partial charge in [-0.05, 0) is 80.8 Å². The van der Waals surface area contributed by atoms with Crippen molar-refractivity contribution < 1.29 is 19.8 Å². The van der Waals surface area contributed by atoms with Crippen LogP contribution in [0, 0.1) is 10.8 Å². The Balaban J connectivity index is 2.47. The molecule has 6 heteroatoms. The van der Waals surface area contributed by atoms with Crippen LogP contribution in [0.3, 0.4) is 0 Å². The zero-order valence-corrected chi connectivity index (χ0v) is 32.0. The van der Waals surface area contributed by atoms with Gasteiger partial charge in [0.25, 0.3) is 0 Å². The first-order valence-corrected chi connectivity index (χ1v) is 17.6. The summed E-state index contributed by atoms with van der Waals surface area (Å²) in [5.74, 6) is 0.434. The number of phenolic OH excluding ortho intramolecular Hbond substituents is 1. The number of hydrogen-bond acceptors (Lipinski definition) is 4. The van der Waals surface area contributed by atoms with Crippen molar-refractivity contribution in [2.45, 2.75) is 145 Å². The van der Waals surface area contributed by atoms with E-state index in [1.807, 2.05) is 18.2 Å². The highest BCUT2D eigenvalue weighted by atomic mass is 16.3. The molecular formula is C41H68N2O4. The van der Waals surface area contributed by atoms with Crippen LogP contribution in [0.2, 0.25) is 0 Å². The largest absolute Gasteiger partial charge is 0.507 e. The lowest BCUT2D eigenvalue weighted by Crippen LogP contribution is -2.25. The SMILES string of the molecule is C=C(/C=C(\C=C(/CO)C(C)(C)C)CCC(=O)NCCCCCCNC(=O)CCc1cc(C(C)(C)C)c(O)c(C(C)(C)C)c1)C(C)(C)C. The van der Waals surface area contributed by atoms with Crippen LogP contribution in [-0.4, -0.2) is 41.7 Å². The molecule has 0 radical (unpaired) electrons. The Morgan fingerprint density at radius 3 is 1.57 bits per heavy atom. The van der Waals surface area contributed by atoms with E-state index in [9.17, 15) is 19.8 Å². The fourth-order valence-electron chi connectivity index (χ4n) is 5.08. The van der Waals surface area contributed by atoms with Gasteiger partial charge in [0.15, 0.2) is 0 Å². The standard InChI is InChI=1S/C41H68N2O4/c1-29(38(2,3)4)24-30(25-32(28-44)39(5,6)7)18-20-35(45)42-22-16-14-15-17-23-43-36(46)21-19-31-26-33(40(8,9)10)37(47)34(27-31)41(11,12)13/h24-27,44,47H,1,14-23,28H2,2-13H3,(H,42,45)(H,43,46)/b30-24-,32-25+. The average Bonchev–Trinajstić information content (AvgIpc) is 2.92. The highest BCUT2D eigenvalue weighted by Crippen LogP contribution is 2.40. The van der Waals surface area contributed by atoms with Crippen molar-refractivity contribution in [2.75, 3.05) is 19.7 Å². The number of allylic oxidation sites excluding steroid dienone is 4. The molecule has 0 fully saturated rings. The minimum absolute atomic E-state index is 0.0185. The van der Waals surface area contributed by atoms with Gasteiger partial charge >= 0.3 is 0 Å². The third kappa shape index (κ3) is 15.7. The van der Waals surface area contributed by atoms with Gasteiger partial charge in [0.2, 0.25) is 11.8 Å². The minimum atomic E-state index is -0.192. The number of hydrogen-bond donors (Lipinski definition) is 4. The fraction of sp³-hybridized carbons (Fsp3) is 0.659. The molecule has 0 saturated carbocycles. The van der Waals surface area contributed by atoms with Crippen LogP contribution in [0.5, 0.6) is 5.75 Å². The summed E-state index contributed by atoms with van der Waals surface area (Å²) in [4.78, 5) is 25.2. The molecule has 1 aromatic carbocycles. The predicted octanol–water partition coefficient (Wildman–Crippen LogP) is 8.99. The van der Waals surface area contributed by atoms with Crippen LogP contribution in [0.15, 0.2) is 47.6 Å². The van der Waals surface area contributed by atoms with Crippen molar-refractivity contribution in [3.05, 3.63) is 64.3 Å². The molecule has 0 aliphatic rings. The summed E-state index contributed by atoms with van der Waals surface area (Å²) >= 11 is 0. The summed E-state index contributed by atoms with van der Waals surface area (Å²) in [7, 11) is 0. The first kappa shape index (κ1) is 42.2. The molecule has 0 aliphatic carbocycles. The quantitative estimate of drug-likeness (QED) is 0.106.